The van der Waals surface area contributed by atoms with Crippen LogP contribution in [0.5, 0.6) is 0 Å². The van der Waals surface area contributed by atoms with E-state index in [2.05, 4.69) is 16.0 Å². The van der Waals surface area contributed by atoms with E-state index >= 15 is 0 Å². The zero-order valence-electron chi connectivity index (χ0n) is 16.1. The number of rotatable bonds is 5. The molecule has 3 rings (SSSR count). The first kappa shape index (κ1) is 20.3. The molecule has 3 aromatic rings. The summed E-state index contributed by atoms with van der Waals surface area (Å²) in [5.41, 5.74) is 2.52. The molecule has 0 fully saturated rings. The minimum Gasteiger partial charge on any atom is -0.326 e. The van der Waals surface area contributed by atoms with Gasteiger partial charge in [0.25, 0.3) is 11.8 Å². The van der Waals surface area contributed by atoms with Crippen molar-refractivity contribution < 1.29 is 14.4 Å². The van der Waals surface area contributed by atoms with Gasteiger partial charge >= 0.3 is 0 Å². The SMILES string of the molecule is CC(=O)Nc1ccc(NC(=O)c2cccc(C(=O)Nc3ccccc3C#N)c2)cc1. The average Bonchev–Trinajstić information content (AvgIpc) is 2.75. The maximum Gasteiger partial charge on any atom is 0.255 e. The number of nitrogens with one attached hydrogen (secondary N) is 3. The van der Waals surface area contributed by atoms with E-state index in [0.717, 1.165) is 0 Å². The molecule has 3 N–H and O–H groups in total. The summed E-state index contributed by atoms with van der Waals surface area (Å²) in [6.07, 6.45) is 0. The molecule has 148 valence electrons. The molecule has 0 aliphatic rings. The van der Waals surface area contributed by atoms with Gasteiger partial charge in [-0.3, -0.25) is 14.4 Å². The second kappa shape index (κ2) is 9.17. The summed E-state index contributed by atoms with van der Waals surface area (Å²) < 4.78 is 0. The molecule has 0 saturated carbocycles. The molecule has 0 aromatic heterocycles. The van der Waals surface area contributed by atoms with Crippen LogP contribution < -0.4 is 16.0 Å². The van der Waals surface area contributed by atoms with Crippen molar-refractivity contribution in [3.05, 3.63) is 89.5 Å². The Balaban J connectivity index is 1.71. The van der Waals surface area contributed by atoms with Gasteiger partial charge in [-0.1, -0.05) is 18.2 Å². The largest absolute Gasteiger partial charge is 0.326 e. The molecule has 30 heavy (non-hydrogen) atoms. The number of nitrogens with zero attached hydrogens (tertiary/aromatic N) is 1. The summed E-state index contributed by atoms with van der Waals surface area (Å²) in [7, 11) is 0. The lowest BCUT2D eigenvalue weighted by molar-refractivity contribution is -0.114. The highest BCUT2D eigenvalue weighted by Gasteiger charge is 2.12. The molecule has 0 spiro atoms. The number of hydrogen-bond acceptors (Lipinski definition) is 4. The summed E-state index contributed by atoms with van der Waals surface area (Å²) in [6.45, 7) is 1.41. The van der Waals surface area contributed by atoms with Crippen LogP contribution >= 0.6 is 0 Å². The van der Waals surface area contributed by atoms with Crippen molar-refractivity contribution in [3.63, 3.8) is 0 Å². The molecule has 0 radical (unpaired) electrons. The molecule has 0 saturated heterocycles. The van der Waals surface area contributed by atoms with Gasteiger partial charge in [-0.2, -0.15) is 5.26 Å². The number of amides is 3. The van der Waals surface area contributed by atoms with Crippen LogP contribution in [0, 0.1) is 11.3 Å². The zero-order valence-corrected chi connectivity index (χ0v) is 16.1. The van der Waals surface area contributed by atoms with Crippen molar-refractivity contribution in [1.29, 1.82) is 5.26 Å². The fourth-order valence-corrected chi connectivity index (χ4v) is 2.73. The second-order valence-electron chi connectivity index (χ2n) is 6.40. The monoisotopic (exact) mass is 398 g/mol. The quantitative estimate of drug-likeness (QED) is 0.603. The molecule has 7 nitrogen and oxygen atoms in total. The summed E-state index contributed by atoms with van der Waals surface area (Å²) in [5, 5.41) is 17.2. The standard InChI is InChI=1S/C23H18N4O3/c1-15(28)25-19-9-11-20(12-10-19)26-22(29)16-6-4-7-17(13-16)23(30)27-21-8-3-2-5-18(21)14-24/h2-13H,1H3,(H,25,28)(H,26,29)(H,27,30). The predicted octanol–water partition coefficient (Wildman–Crippen LogP) is 4.02. The average molecular weight is 398 g/mol. The Morgan fingerprint density at radius 1 is 0.733 bits per heavy atom. The van der Waals surface area contributed by atoms with E-state index in [1.165, 1.54) is 13.0 Å². The Bertz CT molecular complexity index is 1150. The van der Waals surface area contributed by atoms with Gasteiger partial charge in [0.15, 0.2) is 0 Å². The first-order valence-electron chi connectivity index (χ1n) is 9.06. The lowest BCUT2D eigenvalue weighted by atomic mass is 10.1. The second-order valence-corrected chi connectivity index (χ2v) is 6.40. The molecule has 0 aliphatic heterocycles. The van der Waals surface area contributed by atoms with Crippen molar-refractivity contribution in [2.24, 2.45) is 0 Å². The van der Waals surface area contributed by atoms with Crippen molar-refractivity contribution in [2.45, 2.75) is 6.92 Å². The maximum atomic E-state index is 12.6. The van der Waals surface area contributed by atoms with Crippen LogP contribution in [-0.2, 0) is 4.79 Å². The smallest absolute Gasteiger partial charge is 0.255 e. The van der Waals surface area contributed by atoms with Crippen molar-refractivity contribution in [3.8, 4) is 6.07 Å². The van der Waals surface area contributed by atoms with E-state index in [0.29, 0.717) is 28.2 Å². The van der Waals surface area contributed by atoms with Crippen molar-refractivity contribution >= 4 is 34.8 Å². The number of hydrogen-bond donors (Lipinski definition) is 3. The van der Waals surface area contributed by atoms with Gasteiger partial charge in [-0.25, -0.2) is 0 Å². The van der Waals surface area contributed by atoms with E-state index in [1.807, 2.05) is 6.07 Å². The Hall–Kier alpha value is -4.44. The van der Waals surface area contributed by atoms with Gasteiger partial charge < -0.3 is 16.0 Å². The van der Waals surface area contributed by atoms with Crippen molar-refractivity contribution in [2.75, 3.05) is 16.0 Å². The van der Waals surface area contributed by atoms with Gasteiger partial charge in [0, 0.05) is 29.4 Å². The van der Waals surface area contributed by atoms with Gasteiger partial charge in [0.1, 0.15) is 6.07 Å². The molecular weight excluding hydrogens is 380 g/mol. The van der Waals surface area contributed by atoms with Crippen LogP contribution in [0.1, 0.15) is 33.2 Å². The molecule has 0 unspecified atom stereocenters. The number of carbonyl (C=O) groups is 3. The van der Waals surface area contributed by atoms with Crippen LogP contribution in [0.2, 0.25) is 0 Å². The summed E-state index contributed by atoms with van der Waals surface area (Å²) in [6, 6.07) is 21.6. The fraction of sp³-hybridized carbons (Fsp3) is 0.0435. The van der Waals surface area contributed by atoms with Crippen LogP contribution in [0.15, 0.2) is 72.8 Å². The number of para-hydroxylation sites is 1. The third kappa shape index (κ3) is 5.09. The topological polar surface area (TPSA) is 111 Å². The third-order valence-corrected chi connectivity index (χ3v) is 4.15. The molecule has 7 heteroatoms. The molecular formula is C23H18N4O3. The van der Waals surface area contributed by atoms with Crippen molar-refractivity contribution in [1.82, 2.24) is 0 Å². The first-order valence-corrected chi connectivity index (χ1v) is 9.06. The Labute approximate surface area is 173 Å². The lowest BCUT2D eigenvalue weighted by Crippen LogP contribution is -2.16. The number of anilines is 3. The maximum absolute atomic E-state index is 12.6. The Morgan fingerprint density at radius 2 is 1.30 bits per heavy atom. The van der Waals surface area contributed by atoms with Crippen LogP contribution in [0.25, 0.3) is 0 Å². The van der Waals surface area contributed by atoms with E-state index in [9.17, 15) is 14.4 Å². The summed E-state index contributed by atoms with van der Waals surface area (Å²) in [4.78, 5) is 36.2. The summed E-state index contributed by atoms with van der Waals surface area (Å²) in [5.74, 6) is -0.986. The highest BCUT2D eigenvalue weighted by Crippen LogP contribution is 2.17. The van der Waals surface area contributed by atoms with Gasteiger partial charge in [0.2, 0.25) is 5.91 Å². The third-order valence-electron chi connectivity index (χ3n) is 4.15. The minimum atomic E-state index is -0.424. The first-order chi connectivity index (χ1) is 14.5. The molecule has 0 aliphatic carbocycles. The van der Waals surface area contributed by atoms with Gasteiger partial charge in [0.05, 0.1) is 11.3 Å². The highest BCUT2D eigenvalue weighted by molar-refractivity contribution is 6.09. The fourth-order valence-electron chi connectivity index (χ4n) is 2.73. The number of benzene rings is 3. The van der Waals surface area contributed by atoms with E-state index in [1.54, 1.807) is 66.7 Å². The number of nitriles is 1. The van der Waals surface area contributed by atoms with Crippen LogP contribution in [0.4, 0.5) is 17.1 Å². The van der Waals surface area contributed by atoms with Gasteiger partial charge in [-0.05, 0) is 54.6 Å². The zero-order chi connectivity index (χ0) is 21.5. The lowest BCUT2D eigenvalue weighted by Gasteiger charge is -2.09. The Morgan fingerprint density at radius 3 is 1.90 bits per heavy atom. The highest BCUT2D eigenvalue weighted by atomic mass is 16.2. The Kier molecular flexibility index (Phi) is 6.20. The summed E-state index contributed by atoms with van der Waals surface area (Å²) >= 11 is 0. The van der Waals surface area contributed by atoms with Crippen LogP contribution in [0.3, 0.4) is 0 Å². The number of carbonyl (C=O) groups excluding carboxylic acids is 3. The molecule has 3 aromatic carbocycles. The van der Waals surface area contributed by atoms with E-state index in [4.69, 9.17) is 5.26 Å². The van der Waals surface area contributed by atoms with Crippen LogP contribution in [-0.4, -0.2) is 17.7 Å². The predicted molar refractivity (Wildman–Crippen MR) is 114 cm³/mol. The molecule has 0 bridgehead atoms. The minimum absolute atomic E-state index is 0.181. The van der Waals surface area contributed by atoms with E-state index in [-0.39, 0.29) is 17.4 Å². The molecule has 0 atom stereocenters. The normalized spacial score (nSPS) is 9.87. The molecule has 0 heterocycles. The van der Waals surface area contributed by atoms with Gasteiger partial charge in [-0.15, -0.1) is 0 Å². The van der Waals surface area contributed by atoms with E-state index < -0.39 is 5.91 Å². The molecule has 3 amide bonds.